The summed E-state index contributed by atoms with van der Waals surface area (Å²) < 4.78 is 0. The molecule has 0 aliphatic rings. The van der Waals surface area contributed by atoms with Crippen LogP contribution in [0.1, 0.15) is 44.1 Å². The molecule has 0 unspecified atom stereocenters. The van der Waals surface area contributed by atoms with Crippen LogP contribution in [-0.2, 0) is 0 Å². The predicted octanol–water partition coefficient (Wildman–Crippen LogP) is 2.96. The first-order chi connectivity index (χ1) is 8.20. The molecule has 1 aromatic heterocycles. The summed E-state index contributed by atoms with van der Waals surface area (Å²) in [4.78, 5) is 7.10. The highest BCUT2D eigenvalue weighted by Crippen LogP contribution is 2.29. The van der Waals surface area contributed by atoms with Crippen molar-refractivity contribution in [2.24, 2.45) is 5.73 Å². The van der Waals surface area contributed by atoms with Crippen LogP contribution in [-0.4, -0.2) is 22.6 Å². The number of rotatable bonds is 4. The molecule has 0 atom stereocenters. The third kappa shape index (κ3) is 2.80. The summed E-state index contributed by atoms with van der Waals surface area (Å²) in [6, 6.07) is 2.05. The van der Waals surface area contributed by atoms with Gasteiger partial charge in [0.1, 0.15) is 4.99 Å². The van der Waals surface area contributed by atoms with Crippen molar-refractivity contribution in [3.63, 3.8) is 0 Å². The Balaban J connectivity index is 3.44. The highest BCUT2D eigenvalue weighted by Gasteiger charge is 2.25. The third-order valence-corrected chi connectivity index (χ3v) is 3.89. The van der Waals surface area contributed by atoms with E-state index in [0.717, 1.165) is 29.1 Å². The molecular formula is C14H23N3S. The molecule has 0 radical (unpaired) electrons. The van der Waals surface area contributed by atoms with Crippen LogP contribution in [0.5, 0.6) is 0 Å². The topological polar surface area (TPSA) is 42.2 Å². The number of pyridine rings is 1. The van der Waals surface area contributed by atoms with Gasteiger partial charge in [0, 0.05) is 24.0 Å². The monoisotopic (exact) mass is 265 g/mol. The second kappa shape index (κ2) is 5.22. The molecule has 0 aliphatic carbocycles. The summed E-state index contributed by atoms with van der Waals surface area (Å²) in [6.07, 6.45) is 1.04. The highest BCUT2D eigenvalue weighted by atomic mass is 32.1. The maximum Gasteiger partial charge on any atom is 0.107 e. The van der Waals surface area contributed by atoms with Crippen LogP contribution in [0.25, 0.3) is 0 Å². The first-order valence-electron chi connectivity index (χ1n) is 6.22. The quantitative estimate of drug-likeness (QED) is 0.850. The van der Waals surface area contributed by atoms with Crippen LogP contribution in [0.3, 0.4) is 0 Å². The molecule has 0 aliphatic heterocycles. The number of nitrogens with zero attached hydrogens (tertiary/aromatic N) is 2. The molecule has 0 spiro atoms. The molecule has 3 nitrogen and oxygen atoms in total. The van der Waals surface area contributed by atoms with Crippen LogP contribution in [0.4, 0.5) is 5.69 Å². The van der Waals surface area contributed by atoms with E-state index in [-0.39, 0.29) is 5.54 Å². The molecule has 0 fully saturated rings. The summed E-state index contributed by atoms with van der Waals surface area (Å²) in [5, 5.41) is 0. The molecule has 18 heavy (non-hydrogen) atoms. The van der Waals surface area contributed by atoms with Crippen molar-refractivity contribution < 1.29 is 0 Å². The Hall–Kier alpha value is -1.16. The molecular weight excluding hydrogens is 242 g/mol. The predicted molar refractivity (Wildman–Crippen MR) is 82.4 cm³/mol. The molecule has 100 valence electrons. The minimum absolute atomic E-state index is 0.0553. The fraction of sp³-hybridized carbons (Fsp3) is 0.571. The van der Waals surface area contributed by atoms with E-state index in [1.54, 1.807) is 0 Å². The van der Waals surface area contributed by atoms with Crippen LogP contribution < -0.4 is 10.6 Å². The zero-order valence-electron chi connectivity index (χ0n) is 12.2. The number of hydrogen-bond acceptors (Lipinski definition) is 3. The Morgan fingerprint density at radius 3 is 2.44 bits per heavy atom. The average molecular weight is 265 g/mol. The van der Waals surface area contributed by atoms with E-state index < -0.39 is 0 Å². The zero-order valence-corrected chi connectivity index (χ0v) is 13.0. The molecule has 0 aromatic carbocycles. The Morgan fingerprint density at radius 2 is 2.00 bits per heavy atom. The van der Waals surface area contributed by atoms with Gasteiger partial charge < -0.3 is 10.6 Å². The second-order valence-corrected chi connectivity index (χ2v) is 5.77. The lowest BCUT2D eigenvalue weighted by Crippen LogP contribution is -2.41. The van der Waals surface area contributed by atoms with Crippen molar-refractivity contribution in [2.75, 3.05) is 11.9 Å². The van der Waals surface area contributed by atoms with E-state index >= 15 is 0 Å². The number of thiocarbonyl (C=S) groups is 1. The van der Waals surface area contributed by atoms with Crippen molar-refractivity contribution in [1.29, 1.82) is 0 Å². The first kappa shape index (κ1) is 14.9. The Morgan fingerprint density at radius 1 is 1.44 bits per heavy atom. The number of aromatic nitrogens is 1. The van der Waals surface area contributed by atoms with Gasteiger partial charge in [-0.1, -0.05) is 19.1 Å². The third-order valence-electron chi connectivity index (χ3n) is 3.69. The van der Waals surface area contributed by atoms with Gasteiger partial charge in [-0.05, 0) is 40.2 Å². The van der Waals surface area contributed by atoms with Crippen LogP contribution in [0.2, 0.25) is 0 Å². The van der Waals surface area contributed by atoms with Crippen molar-refractivity contribution in [2.45, 2.75) is 46.6 Å². The lowest BCUT2D eigenvalue weighted by molar-refractivity contribution is 0.470. The summed E-state index contributed by atoms with van der Waals surface area (Å²) in [5.74, 6) is 0. The maximum atomic E-state index is 5.85. The molecule has 1 heterocycles. The smallest absolute Gasteiger partial charge is 0.107 e. The van der Waals surface area contributed by atoms with E-state index in [1.807, 2.05) is 13.8 Å². The number of anilines is 1. The Labute approximate surface area is 115 Å². The van der Waals surface area contributed by atoms with Gasteiger partial charge in [0.25, 0.3) is 0 Å². The Kier molecular flexibility index (Phi) is 4.32. The summed E-state index contributed by atoms with van der Waals surface area (Å²) in [5.41, 5.74) is 9.75. The van der Waals surface area contributed by atoms with Crippen molar-refractivity contribution in [1.82, 2.24) is 4.98 Å². The van der Waals surface area contributed by atoms with Gasteiger partial charge in [-0.2, -0.15) is 0 Å². The van der Waals surface area contributed by atoms with Gasteiger partial charge in [0.15, 0.2) is 0 Å². The van der Waals surface area contributed by atoms with Gasteiger partial charge in [0.2, 0.25) is 0 Å². The molecule has 4 heteroatoms. The van der Waals surface area contributed by atoms with E-state index in [1.165, 1.54) is 0 Å². The van der Waals surface area contributed by atoms with Gasteiger partial charge >= 0.3 is 0 Å². The average Bonchev–Trinajstić information content (AvgIpc) is 2.26. The minimum atomic E-state index is 0.0553. The highest BCUT2D eigenvalue weighted by molar-refractivity contribution is 7.80. The molecule has 0 amide bonds. The molecule has 0 bridgehead atoms. The van der Waals surface area contributed by atoms with Crippen LogP contribution in [0.15, 0.2) is 6.07 Å². The van der Waals surface area contributed by atoms with Crippen LogP contribution in [0, 0.1) is 13.8 Å². The van der Waals surface area contributed by atoms with Crippen molar-refractivity contribution >= 4 is 22.9 Å². The number of aryl methyl sites for hydroxylation is 2. The van der Waals surface area contributed by atoms with E-state index in [9.17, 15) is 0 Å². The van der Waals surface area contributed by atoms with Gasteiger partial charge in [0.05, 0.1) is 11.3 Å². The summed E-state index contributed by atoms with van der Waals surface area (Å²) >= 11 is 5.17. The Bertz CT molecular complexity index is 466. The van der Waals surface area contributed by atoms with Crippen LogP contribution >= 0.6 is 12.2 Å². The number of nitrogens with two attached hydrogens (primary N) is 1. The standard InChI is InChI=1S/C14H23N3S/c1-7-14(4,5)17(6)11-8-9(2)16-10(3)12(11)13(15)18/h8H,7H2,1-6H3,(H2,15,18). The number of hydrogen-bond donors (Lipinski definition) is 1. The van der Waals surface area contributed by atoms with Crippen molar-refractivity contribution in [3.05, 3.63) is 23.0 Å². The first-order valence-corrected chi connectivity index (χ1v) is 6.63. The maximum absolute atomic E-state index is 5.85. The lowest BCUT2D eigenvalue weighted by atomic mass is 9.97. The second-order valence-electron chi connectivity index (χ2n) is 5.33. The lowest BCUT2D eigenvalue weighted by Gasteiger charge is -2.38. The fourth-order valence-corrected chi connectivity index (χ4v) is 2.19. The molecule has 2 N–H and O–H groups in total. The molecule has 1 aromatic rings. The minimum Gasteiger partial charge on any atom is -0.389 e. The van der Waals surface area contributed by atoms with Crippen molar-refractivity contribution in [3.8, 4) is 0 Å². The van der Waals surface area contributed by atoms with Gasteiger partial charge in [-0.3, -0.25) is 4.98 Å². The van der Waals surface area contributed by atoms with E-state index in [2.05, 4.69) is 43.8 Å². The molecule has 0 saturated carbocycles. The van der Waals surface area contributed by atoms with E-state index in [4.69, 9.17) is 18.0 Å². The molecule has 0 saturated heterocycles. The SMILES string of the molecule is CCC(C)(C)N(C)c1cc(C)nc(C)c1C(N)=S. The largest absolute Gasteiger partial charge is 0.389 e. The normalized spacial score (nSPS) is 11.4. The van der Waals surface area contributed by atoms with E-state index in [0.29, 0.717) is 4.99 Å². The zero-order chi connectivity index (χ0) is 14.1. The summed E-state index contributed by atoms with van der Waals surface area (Å²) in [6.45, 7) is 10.5. The molecule has 1 rings (SSSR count). The summed E-state index contributed by atoms with van der Waals surface area (Å²) in [7, 11) is 2.08. The van der Waals surface area contributed by atoms with Gasteiger partial charge in [-0.15, -0.1) is 0 Å². The fourth-order valence-electron chi connectivity index (χ4n) is 1.94. The van der Waals surface area contributed by atoms with Gasteiger partial charge in [-0.25, -0.2) is 0 Å².